The minimum absolute atomic E-state index is 0.0276. The van der Waals surface area contributed by atoms with Crippen LogP contribution < -0.4 is 15.4 Å². The third kappa shape index (κ3) is 2.87. The number of piperazine rings is 1. The number of nitrogens with two attached hydrogens (primary N) is 1. The van der Waals surface area contributed by atoms with Crippen LogP contribution in [0.4, 0.5) is 11.4 Å². The lowest BCUT2D eigenvalue weighted by Gasteiger charge is -2.45. The van der Waals surface area contributed by atoms with Crippen molar-refractivity contribution in [3.05, 3.63) is 30.4 Å². The highest BCUT2D eigenvalue weighted by molar-refractivity contribution is 5.88. The van der Waals surface area contributed by atoms with E-state index in [2.05, 4.69) is 4.90 Å². The van der Waals surface area contributed by atoms with Crippen molar-refractivity contribution in [1.29, 1.82) is 0 Å². The summed E-state index contributed by atoms with van der Waals surface area (Å²) in [5.41, 5.74) is 7.57. The Morgan fingerprint density at radius 3 is 3.18 bits per heavy atom. The summed E-state index contributed by atoms with van der Waals surface area (Å²) in [6.07, 6.45) is 3.32. The number of carbonyl (C=O) groups excluding carboxylic acids is 1. The molecule has 2 heterocycles. The molecule has 0 bridgehead atoms. The molecule has 0 aromatic heterocycles. The smallest absolute Gasteiger partial charge is 0.246 e. The minimum Gasteiger partial charge on any atom is -0.489 e. The van der Waals surface area contributed by atoms with Crippen LogP contribution in [0.1, 0.15) is 0 Å². The number of hydrogen-bond acceptors (Lipinski definition) is 5. The van der Waals surface area contributed by atoms with Gasteiger partial charge in [0, 0.05) is 44.6 Å². The van der Waals surface area contributed by atoms with Crippen LogP contribution in [0, 0.1) is 0 Å². The van der Waals surface area contributed by atoms with Crippen molar-refractivity contribution >= 4 is 17.3 Å². The van der Waals surface area contributed by atoms with Crippen molar-refractivity contribution < 1.29 is 14.3 Å². The molecule has 118 valence electrons. The maximum atomic E-state index is 12.1. The molecule has 22 heavy (non-hydrogen) atoms. The summed E-state index contributed by atoms with van der Waals surface area (Å²) in [4.78, 5) is 16.3. The Balaban J connectivity index is 1.69. The first-order valence-electron chi connectivity index (χ1n) is 7.42. The highest BCUT2D eigenvalue weighted by Gasteiger charge is 2.33. The zero-order chi connectivity index (χ0) is 15.5. The molecule has 2 aliphatic heterocycles. The highest BCUT2D eigenvalue weighted by atomic mass is 16.5. The number of ether oxygens (including phenoxy) is 2. The zero-order valence-electron chi connectivity index (χ0n) is 12.7. The molecular formula is C16H21N3O3. The van der Waals surface area contributed by atoms with Crippen LogP contribution in [0.3, 0.4) is 0 Å². The number of benzene rings is 1. The summed E-state index contributed by atoms with van der Waals surface area (Å²) in [5.74, 6) is 0.857. The lowest BCUT2D eigenvalue weighted by atomic mass is 10.1. The average Bonchev–Trinajstić information content (AvgIpc) is 2.54. The van der Waals surface area contributed by atoms with Crippen LogP contribution in [-0.4, -0.2) is 56.8 Å². The summed E-state index contributed by atoms with van der Waals surface area (Å²) in [6.45, 7) is 3.19. The number of nitrogens with zero attached hydrogens (tertiary/aromatic N) is 2. The van der Waals surface area contributed by atoms with Crippen molar-refractivity contribution in [1.82, 2.24) is 4.90 Å². The summed E-state index contributed by atoms with van der Waals surface area (Å²) in [5, 5.41) is 0. The molecule has 1 atom stereocenters. The van der Waals surface area contributed by atoms with Gasteiger partial charge in [-0.2, -0.15) is 0 Å². The van der Waals surface area contributed by atoms with Crippen molar-refractivity contribution in [2.75, 3.05) is 50.6 Å². The number of nitrogen functional groups attached to an aromatic ring is 1. The summed E-state index contributed by atoms with van der Waals surface area (Å²) >= 11 is 0. The van der Waals surface area contributed by atoms with Gasteiger partial charge < -0.3 is 25.0 Å². The SMILES string of the molecule is COC/C=C/C(=O)N1CCN2c3ccc(N)cc3OC[C@H]2C1. The second-order valence-electron chi connectivity index (χ2n) is 5.53. The number of carbonyl (C=O) groups is 1. The van der Waals surface area contributed by atoms with E-state index in [1.165, 1.54) is 0 Å². The molecule has 6 nitrogen and oxygen atoms in total. The minimum atomic E-state index is 0.0276. The van der Waals surface area contributed by atoms with Gasteiger partial charge >= 0.3 is 0 Å². The van der Waals surface area contributed by atoms with Gasteiger partial charge in [-0.1, -0.05) is 6.08 Å². The molecule has 0 aliphatic carbocycles. The Morgan fingerprint density at radius 2 is 2.36 bits per heavy atom. The number of methoxy groups -OCH3 is 1. The van der Waals surface area contributed by atoms with Crippen LogP contribution in [-0.2, 0) is 9.53 Å². The van der Waals surface area contributed by atoms with Crippen molar-refractivity contribution in [2.45, 2.75) is 6.04 Å². The Labute approximate surface area is 130 Å². The van der Waals surface area contributed by atoms with Crippen LogP contribution in [0.15, 0.2) is 30.4 Å². The predicted molar refractivity (Wildman–Crippen MR) is 85.1 cm³/mol. The van der Waals surface area contributed by atoms with Crippen LogP contribution in [0.25, 0.3) is 0 Å². The predicted octanol–water partition coefficient (Wildman–Crippen LogP) is 0.881. The van der Waals surface area contributed by atoms with Crippen LogP contribution in [0.5, 0.6) is 5.75 Å². The Morgan fingerprint density at radius 1 is 1.50 bits per heavy atom. The quantitative estimate of drug-likeness (QED) is 0.663. The van der Waals surface area contributed by atoms with Gasteiger partial charge in [0.15, 0.2) is 0 Å². The van der Waals surface area contributed by atoms with E-state index < -0.39 is 0 Å². The Kier molecular flexibility index (Phi) is 4.20. The molecule has 2 aliphatic rings. The maximum absolute atomic E-state index is 12.1. The van der Waals surface area contributed by atoms with Crippen molar-refractivity contribution in [3.63, 3.8) is 0 Å². The van der Waals surface area contributed by atoms with Crippen LogP contribution >= 0.6 is 0 Å². The number of rotatable bonds is 3. The summed E-state index contributed by atoms with van der Waals surface area (Å²) in [7, 11) is 1.61. The van der Waals surface area contributed by atoms with Gasteiger partial charge in [0.1, 0.15) is 12.4 Å². The molecule has 1 aromatic rings. The van der Waals surface area contributed by atoms with E-state index >= 15 is 0 Å². The molecule has 1 aromatic carbocycles. The summed E-state index contributed by atoms with van der Waals surface area (Å²) < 4.78 is 10.7. The van der Waals surface area contributed by atoms with E-state index in [1.807, 2.05) is 23.1 Å². The average molecular weight is 303 g/mol. The van der Waals surface area contributed by atoms with E-state index in [9.17, 15) is 4.79 Å². The first-order chi connectivity index (χ1) is 10.7. The van der Waals surface area contributed by atoms with Crippen molar-refractivity contribution in [3.8, 4) is 5.75 Å². The Hall–Kier alpha value is -2.21. The monoisotopic (exact) mass is 303 g/mol. The third-order valence-corrected chi connectivity index (χ3v) is 4.04. The molecule has 1 fully saturated rings. The molecule has 1 saturated heterocycles. The molecule has 2 N–H and O–H groups in total. The fourth-order valence-electron chi connectivity index (χ4n) is 2.94. The van der Waals surface area contributed by atoms with E-state index in [4.69, 9.17) is 15.2 Å². The van der Waals surface area contributed by atoms with E-state index in [0.717, 1.165) is 18.0 Å². The van der Waals surface area contributed by atoms with Gasteiger partial charge in [-0.3, -0.25) is 4.79 Å². The molecule has 6 heteroatoms. The topological polar surface area (TPSA) is 68.0 Å². The van der Waals surface area contributed by atoms with Gasteiger partial charge in [-0.25, -0.2) is 0 Å². The second kappa shape index (κ2) is 6.27. The maximum Gasteiger partial charge on any atom is 0.246 e. The normalized spacial score (nSPS) is 20.5. The lowest BCUT2D eigenvalue weighted by molar-refractivity contribution is -0.127. The van der Waals surface area contributed by atoms with E-state index in [-0.39, 0.29) is 11.9 Å². The van der Waals surface area contributed by atoms with Gasteiger partial charge in [0.25, 0.3) is 0 Å². The standard InChI is InChI=1S/C16H21N3O3/c1-21-8-2-3-16(20)18-6-7-19-13(10-18)11-22-15-9-12(17)4-5-14(15)19/h2-5,9,13H,6-8,10-11,17H2,1H3/b3-2+/t13-/m1/s1. The molecule has 1 amide bonds. The molecular weight excluding hydrogens is 282 g/mol. The first kappa shape index (κ1) is 14.7. The van der Waals surface area contributed by atoms with Gasteiger partial charge in [0.05, 0.1) is 18.3 Å². The van der Waals surface area contributed by atoms with E-state index in [0.29, 0.717) is 32.0 Å². The fourth-order valence-corrected chi connectivity index (χ4v) is 2.94. The van der Waals surface area contributed by atoms with Crippen molar-refractivity contribution in [2.24, 2.45) is 0 Å². The molecule has 0 unspecified atom stereocenters. The molecule has 3 rings (SSSR count). The number of hydrogen-bond donors (Lipinski definition) is 1. The number of fused-ring (bicyclic) bond motifs is 3. The lowest BCUT2D eigenvalue weighted by Crippen LogP contribution is -2.58. The largest absolute Gasteiger partial charge is 0.489 e. The van der Waals surface area contributed by atoms with E-state index in [1.54, 1.807) is 19.3 Å². The summed E-state index contributed by atoms with van der Waals surface area (Å²) in [6, 6.07) is 5.92. The highest BCUT2D eigenvalue weighted by Crippen LogP contribution is 2.36. The Bertz CT molecular complexity index is 588. The first-order valence-corrected chi connectivity index (χ1v) is 7.42. The van der Waals surface area contributed by atoms with Gasteiger partial charge in [-0.05, 0) is 12.1 Å². The zero-order valence-corrected chi connectivity index (χ0v) is 12.7. The molecule has 0 radical (unpaired) electrons. The number of amides is 1. The second-order valence-corrected chi connectivity index (χ2v) is 5.53. The third-order valence-electron chi connectivity index (χ3n) is 4.04. The van der Waals surface area contributed by atoms with Gasteiger partial charge in [0.2, 0.25) is 5.91 Å². The number of anilines is 2. The van der Waals surface area contributed by atoms with Crippen LogP contribution in [0.2, 0.25) is 0 Å². The molecule has 0 spiro atoms. The molecule has 0 saturated carbocycles. The van der Waals surface area contributed by atoms with Gasteiger partial charge in [-0.15, -0.1) is 0 Å². The fraction of sp³-hybridized carbons (Fsp3) is 0.438.